The topological polar surface area (TPSA) is 50.9 Å². The largest absolute Gasteiger partial charge is 0.370 e. The molecule has 0 saturated heterocycles. The Hall–Kier alpha value is -1.09. The SMILES string of the molecule is Cc1cc(CN)cc(NCC(C)C)n1. The lowest BCUT2D eigenvalue weighted by Gasteiger charge is -2.10. The molecule has 1 aromatic heterocycles. The number of anilines is 1. The van der Waals surface area contributed by atoms with E-state index in [9.17, 15) is 0 Å². The monoisotopic (exact) mass is 193 g/mol. The van der Waals surface area contributed by atoms with Crippen LogP contribution in [0.15, 0.2) is 12.1 Å². The second-order valence-corrected chi connectivity index (χ2v) is 3.98. The Morgan fingerprint density at radius 1 is 1.43 bits per heavy atom. The molecule has 0 aliphatic carbocycles. The zero-order valence-electron chi connectivity index (χ0n) is 9.17. The minimum Gasteiger partial charge on any atom is -0.370 e. The van der Waals surface area contributed by atoms with Gasteiger partial charge in [0, 0.05) is 18.8 Å². The first-order chi connectivity index (χ1) is 6.61. The molecule has 0 aliphatic rings. The van der Waals surface area contributed by atoms with E-state index in [2.05, 4.69) is 24.1 Å². The summed E-state index contributed by atoms with van der Waals surface area (Å²) in [4.78, 5) is 4.39. The third-order valence-electron chi connectivity index (χ3n) is 1.94. The van der Waals surface area contributed by atoms with Crippen molar-refractivity contribution in [3.8, 4) is 0 Å². The number of nitrogens with zero attached hydrogens (tertiary/aromatic N) is 1. The molecule has 3 nitrogen and oxygen atoms in total. The van der Waals surface area contributed by atoms with Crippen molar-refractivity contribution in [1.82, 2.24) is 4.98 Å². The highest BCUT2D eigenvalue weighted by Gasteiger charge is 1.99. The molecular formula is C11H19N3. The number of nitrogens with one attached hydrogen (secondary N) is 1. The lowest BCUT2D eigenvalue weighted by Crippen LogP contribution is -2.10. The van der Waals surface area contributed by atoms with Gasteiger partial charge in [0.15, 0.2) is 0 Å². The molecular weight excluding hydrogens is 174 g/mol. The summed E-state index contributed by atoms with van der Waals surface area (Å²) >= 11 is 0. The van der Waals surface area contributed by atoms with E-state index >= 15 is 0 Å². The molecule has 0 aliphatic heterocycles. The Labute approximate surface area is 85.7 Å². The molecule has 0 unspecified atom stereocenters. The summed E-state index contributed by atoms with van der Waals surface area (Å²) in [7, 11) is 0. The van der Waals surface area contributed by atoms with Gasteiger partial charge in [-0.2, -0.15) is 0 Å². The molecule has 3 heteroatoms. The Morgan fingerprint density at radius 2 is 2.14 bits per heavy atom. The van der Waals surface area contributed by atoms with E-state index < -0.39 is 0 Å². The van der Waals surface area contributed by atoms with E-state index in [0.717, 1.165) is 23.6 Å². The first-order valence-electron chi connectivity index (χ1n) is 5.03. The lowest BCUT2D eigenvalue weighted by molar-refractivity contribution is 0.686. The number of rotatable bonds is 4. The van der Waals surface area contributed by atoms with Crippen molar-refractivity contribution in [2.45, 2.75) is 27.3 Å². The van der Waals surface area contributed by atoms with E-state index in [0.29, 0.717) is 12.5 Å². The molecule has 0 amide bonds. The minimum absolute atomic E-state index is 0.569. The fraction of sp³-hybridized carbons (Fsp3) is 0.545. The van der Waals surface area contributed by atoms with Crippen molar-refractivity contribution in [2.75, 3.05) is 11.9 Å². The Kier molecular flexibility index (Phi) is 3.89. The number of aromatic nitrogens is 1. The van der Waals surface area contributed by atoms with Gasteiger partial charge in [-0.05, 0) is 30.5 Å². The molecule has 1 heterocycles. The van der Waals surface area contributed by atoms with E-state index in [1.165, 1.54) is 0 Å². The second kappa shape index (κ2) is 4.96. The molecule has 0 fully saturated rings. The van der Waals surface area contributed by atoms with Gasteiger partial charge >= 0.3 is 0 Å². The Bertz CT molecular complexity index is 295. The van der Waals surface area contributed by atoms with Crippen molar-refractivity contribution in [3.63, 3.8) is 0 Å². The summed E-state index contributed by atoms with van der Waals surface area (Å²) < 4.78 is 0. The molecule has 0 atom stereocenters. The minimum atomic E-state index is 0.569. The quantitative estimate of drug-likeness (QED) is 0.768. The number of nitrogens with two attached hydrogens (primary N) is 1. The number of hydrogen-bond acceptors (Lipinski definition) is 3. The Morgan fingerprint density at radius 3 is 2.71 bits per heavy atom. The van der Waals surface area contributed by atoms with Gasteiger partial charge in [0.1, 0.15) is 5.82 Å². The van der Waals surface area contributed by atoms with Gasteiger partial charge in [0.25, 0.3) is 0 Å². The van der Waals surface area contributed by atoms with Crippen molar-refractivity contribution >= 4 is 5.82 Å². The second-order valence-electron chi connectivity index (χ2n) is 3.98. The lowest BCUT2D eigenvalue weighted by atomic mass is 10.2. The molecule has 0 spiro atoms. The highest BCUT2D eigenvalue weighted by atomic mass is 15.0. The predicted molar refractivity (Wildman–Crippen MR) is 60.2 cm³/mol. The van der Waals surface area contributed by atoms with Crippen LogP contribution in [0.25, 0.3) is 0 Å². The summed E-state index contributed by atoms with van der Waals surface area (Å²) in [5, 5.41) is 3.29. The van der Waals surface area contributed by atoms with Crippen molar-refractivity contribution < 1.29 is 0 Å². The maximum atomic E-state index is 5.59. The van der Waals surface area contributed by atoms with Crippen molar-refractivity contribution in [1.29, 1.82) is 0 Å². The summed E-state index contributed by atoms with van der Waals surface area (Å²) in [5.41, 5.74) is 7.73. The third-order valence-corrected chi connectivity index (χ3v) is 1.94. The van der Waals surface area contributed by atoms with E-state index in [1.54, 1.807) is 0 Å². The molecule has 78 valence electrons. The molecule has 0 radical (unpaired) electrons. The molecule has 0 saturated carbocycles. The van der Waals surface area contributed by atoms with Gasteiger partial charge in [0.2, 0.25) is 0 Å². The van der Waals surface area contributed by atoms with Gasteiger partial charge in [-0.15, -0.1) is 0 Å². The van der Waals surface area contributed by atoms with Crippen LogP contribution in [0.2, 0.25) is 0 Å². The molecule has 14 heavy (non-hydrogen) atoms. The molecule has 0 aromatic carbocycles. The van der Waals surface area contributed by atoms with Crippen LogP contribution in [0.3, 0.4) is 0 Å². The first kappa shape index (κ1) is 11.0. The number of hydrogen-bond donors (Lipinski definition) is 2. The van der Waals surface area contributed by atoms with Crippen LogP contribution in [0.4, 0.5) is 5.82 Å². The van der Waals surface area contributed by atoms with Crippen LogP contribution in [0, 0.1) is 12.8 Å². The van der Waals surface area contributed by atoms with Crippen LogP contribution >= 0.6 is 0 Å². The molecule has 0 bridgehead atoms. The van der Waals surface area contributed by atoms with E-state index in [1.807, 2.05) is 19.1 Å². The highest BCUT2D eigenvalue weighted by Crippen LogP contribution is 2.10. The molecule has 1 aromatic rings. The standard InChI is InChI=1S/C11H19N3/c1-8(2)7-13-11-5-10(6-12)4-9(3)14-11/h4-5,8H,6-7,12H2,1-3H3,(H,13,14). The van der Waals surface area contributed by atoms with Crippen LogP contribution in [-0.4, -0.2) is 11.5 Å². The van der Waals surface area contributed by atoms with Crippen LogP contribution in [0.5, 0.6) is 0 Å². The zero-order valence-corrected chi connectivity index (χ0v) is 9.17. The van der Waals surface area contributed by atoms with Crippen LogP contribution in [0.1, 0.15) is 25.1 Å². The molecule has 1 rings (SSSR count). The van der Waals surface area contributed by atoms with Crippen molar-refractivity contribution in [3.05, 3.63) is 23.4 Å². The summed E-state index contributed by atoms with van der Waals surface area (Å²) in [5.74, 6) is 1.55. The number of aryl methyl sites for hydroxylation is 1. The van der Waals surface area contributed by atoms with E-state index in [4.69, 9.17) is 5.73 Å². The fourth-order valence-electron chi connectivity index (χ4n) is 1.26. The van der Waals surface area contributed by atoms with Gasteiger partial charge in [-0.3, -0.25) is 0 Å². The highest BCUT2D eigenvalue weighted by molar-refractivity contribution is 5.39. The average Bonchev–Trinajstić information content (AvgIpc) is 2.14. The van der Waals surface area contributed by atoms with Gasteiger partial charge in [-0.1, -0.05) is 13.8 Å². The smallest absolute Gasteiger partial charge is 0.126 e. The average molecular weight is 193 g/mol. The molecule has 3 N–H and O–H groups in total. The van der Waals surface area contributed by atoms with Gasteiger partial charge in [-0.25, -0.2) is 4.98 Å². The number of pyridine rings is 1. The Balaban J connectivity index is 2.71. The normalized spacial score (nSPS) is 10.6. The van der Waals surface area contributed by atoms with Gasteiger partial charge < -0.3 is 11.1 Å². The predicted octanol–water partition coefficient (Wildman–Crippen LogP) is 1.92. The van der Waals surface area contributed by atoms with Gasteiger partial charge in [0.05, 0.1) is 0 Å². The fourth-order valence-corrected chi connectivity index (χ4v) is 1.26. The first-order valence-corrected chi connectivity index (χ1v) is 5.03. The van der Waals surface area contributed by atoms with Crippen molar-refractivity contribution in [2.24, 2.45) is 11.7 Å². The third kappa shape index (κ3) is 3.34. The van der Waals surface area contributed by atoms with Crippen LogP contribution in [-0.2, 0) is 6.54 Å². The van der Waals surface area contributed by atoms with Crippen LogP contribution < -0.4 is 11.1 Å². The maximum absolute atomic E-state index is 5.59. The summed E-state index contributed by atoms with van der Waals surface area (Å²) in [6, 6.07) is 4.02. The van der Waals surface area contributed by atoms with E-state index in [-0.39, 0.29) is 0 Å². The summed E-state index contributed by atoms with van der Waals surface area (Å²) in [6.45, 7) is 7.85. The zero-order chi connectivity index (χ0) is 10.6. The maximum Gasteiger partial charge on any atom is 0.126 e. The summed E-state index contributed by atoms with van der Waals surface area (Å²) in [6.07, 6.45) is 0.